The first kappa shape index (κ1) is 18.7. The molecule has 1 saturated carbocycles. The molecule has 28 heavy (non-hydrogen) atoms. The van der Waals surface area contributed by atoms with Gasteiger partial charge in [-0.2, -0.15) is 5.10 Å². The van der Waals surface area contributed by atoms with Gasteiger partial charge in [0.25, 0.3) is 5.56 Å². The molecule has 0 bridgehead atoms. The highest BCUT2D eigenvalue weighted by atomic mass is 32.2. The smallest absolute Gasteiger partial charge is 0.261 e. The molecule has 1 aliphatic rings. The summed E-state index contributed by atoms with van der Waals surface area (Å²) in [4.78, 5) is 15.8. The normalized spacial score (nSPS) is 22.1. The number of hydrogen-bond acceptors (Lipinski definition) is 5. The van der Waals surface area contributed by atoms with Gasteiger partial charge in [-0.15, -0.1) is 0 Å². The van der Waals surface area contributed by atoms with E-state index in [1.165, 1.54) is 25.5 Å². The lowest BCUT2D eigenvalue weighted by molar-refractivity contribution is 0.246. The van der Waals surface area contributed by atoms with Crippen molar-refractivity contribution in [1.82, 2.24) is 14.8 Å². The minimum absolute atomic E-state index is 0.172. The number of H-pyrrole nitrogens is 1. The van der Waals surface area contributed by atoms with Crippen LogP contribution in [0.4, 0.5) is 11.5 Å². The third-order valence-electron chi connectivity index (χ3n) is 5.58. The minimum atomic E-state index is -2.75. The summed E-state index contributed by atoms with van der Waals surface area (Å²) in [5, 5.41) is 8.56. The van der Waals surface area contributed by atoms with E-state index >= 15 is 0 Å². The van der Waals surface area contributed by atoms with Crippen LogP contribution in [0, 0.1) is 10.7 Å². The molecule has 1 aromatic carbocycles. The molecular weight excluding hydrogens is 374 g/mol. The van der Waals surface area contributed by atoms with Crippen molar-refractivity contribution in [2.45, 2.75) is 43.5 Å². The summed E-state index contributed by atoms with van der Waals surface area (Å²) in [6.07, 6.45) is 7.71. The number of anilines is 2. The molecule has 0 radical (unpaired) electrons. The number of aromatic nitrogens is 3. The van der Waals surface area contributed by atoms with Gasteiger partial charge in [-0.05, 0) is 49.1 Å². The molecular formula is C20H25N5O2S. The zero-order valence-corrected chi connectivity index (χ0v) is 16.9. The molecule has 0 amide bonds. The second kappa shape index (κ2) is 7.09. The van der Waals surface area contributed by atoms with Gasteiger partial charge < -0.3 is 10.3 Å². The van der Waals surface area contributed by atoms with Crippen LogP contribution >= 0.6 is 0 Å². The van der Waals surface area contributed by atoms with Crippen LogP contribution in [0.5, 0.6) is 0 Å². The summed E-state index contributed by atoms with van der Waals surface area (Å²) in [5.74, 6) is 1.03. The lowest BCUT2D eigenvalue weighted by Gasteiger charge is -2.29. The first-order valence-electron chi connectivity index (χ1n) is 9.55. The first-order chi connectivity index (χ1) is 13.3. The number of pyridine rings is 1. The van der Waals surface area contributed by atoms with Gasteiger partial charge in [0.2, 0.25) is 0 Å². The molecule has 3 N–H and O–H groups in total. The Balaban J connectivity index is 1.76. The zero-order valence-electron chi connectivity index (χ0n) is 16.1. The highest BCUT2D eigenvalue weighted by molar-refractivity contribution is 7.91. The van der Waals surface area contributed by atoms with Gasteiger partial charge >= 0.3 is 0 Å². The molecule has 3 atom stereocenters. The Bertz CT molecular complexity index is 1160. The van der Waals surface area contributed by atoms with E-state index in [2.05, 4.69) is 17.2 Å². The van der Waals surface area contributed by atoms with Crippen molar-refractivity contribution in [1.29, 1.82) is 4.78 Å². The Labute approximate surface area is 164 Å². The third kappa shape index (κ3) is 3.44. The number of rotatable bonds is 4. The number of hydrogen-bond donors (Lipinski definition) is 3. The average Bonchev–Trinajstić information content (AvgIpc) is 3.01. The molecule has 0 saturated heterocycles. The average molecular weight is 400 g/mol. The molecule has 148 valence electrons. The Hall–Kier alpha value is -2.61. The quantitative estimate of drug-likeness (QED) is 0.610. The SMILES string of the molecule is C[C@H]1CCCCC1n1nc(Nc2ccc(S(C)(=N)=O)cc2)c2c(=O)[nH]ccc21. The van der Waals surface area contributed by atoms with E-state index in [0.717, 1.165) is 17.6 Å². The van der Waals surface area contributed by atoms with Gasteiger partial charge in [-0.3, -0.25) is 9.48 Å². The lowest BCUT2D eigenvalue weighted by atomic mass is 9.86. The zero-order chi connectivity index (χ0) is 19.9. The summed E-state index contributed by atoms with van der Waals surface area (Å²) in [5.41, 5.74) is 1.40. The van der Waals surface area contributed by atoms with E-state index in [4.69, 9.17) is 9.88 Å². The van der Waals surface area contributed by atoms with Crippen LogP contribution in [0.2, 0.25) is 0 Å². The number of benzene rings is 1. The molecule has 3 aromatic rings. The highest BCUT2D eigenvalue weighted by Crippen LogP contribution is 2.36. The number of aromatic amines is 1. The Morgan fingerprint density at radius 2 is 1.93 bits per heavy atom. The van der Waals surface area contributed by atoms with Gasteiger partial charge in [-0.25, -0.2) is 8.99 Å². The van der Waals surface area contributed by atoms with E-state index in [0.29, 0.717) is 22.0 Å². The second-order valence-electron chi connectivity index (χ2n) is 7.68. The van der Waals surface area contributed by atoms with E-state index in [9.17, 15) is 9.00 Å². The number of fused-ring (bicyclic) bond motifs is 1. The maximum absolute atomic E-state index is 12.5. The molecule has 2 heterocycles. The first-order valence-corrected chi connectivity index (χ1v) is 11.5. The maximum atomic E-state index is 12.5. The topological polar surface area (TPSA) is 104 Å². The standard InChI is InChI=1S/C20H25N5O2S/c1-13-5-3-4-6-16(13)25-17-11-12-22-20(26)18(17)19(24-25)23-14-7-9-15(10-8-14)28(2,21)27/h7-13,16,21H,3-6H2,1-2H3,(H,22,26)(H,23,24)/t13-,16?,28?/m0/s1. The Morgan fingerprint density at radius 1 is 1.21 bits per heavy atom. The molecule has 0 spiro atoms. The van der Waals surface area contributed by atoms with E-state index in [1.807, 2.05) is 10.7 Å². The summed E-state index contributed by atoms with van der Waals surface area (Å²) in [6.45, 7) is 2.25. The monoisotopic (exact) mass is 399 g/mol. The fraction of sp³-hybridized carbons (Fsp3) is 0.400. The molecule has 1 fully saturated rings. The van der Waals surface area contributed by atoms with Gasteiger partial charge in [0.05, 0.1) is 21.3 Å². The number of nitrogens with one attached hydrogen (secondary N) is 3. The minimum Gasteiger partial charge on any atom is -0.338 e. The van der Waals surface area contributed by atoms with Crippen molar-refractivity contribution < 1.29 is 4.21 Å². The summed E-state index contributed by atoms with van der Waals surface area (Å²) >= 11 is 0. The fourth-order valence-electron chi connectivity index (χ4n) is 4.03. The van der Waals surface area contributed by atoms with Gasteiger partial charge in [0.15, 0.2) is 5.82 Å². The number of nitrogens with zero attached hydrogens (tertiary/aromatic N) is 2. The molecule has 0 aliphatic heterocycles. The van der Waals surface area contributed by atoms with E-state index in [1.54, 1.807) is 30.5 Å². The van der Waals surface area contributed by atoms with Crippen molar-refractivity contribution in [2.75, 3.05) is 11.6 Å². The fourth-order valence-corrected chi connectivity index (χ4v) is 4.69. The largest absolute Gasteiger partial charge is 0.338 e. The molecule has 8 heteroatoms. The van der Waals surface area contributed by atoms with Crippen LogP contribution in [0.15, 0.2) is 46.2 Å². The Kier molecular flexibility index (Phi) is 4.74. The van der Waals surface area contributed by atoms with Gasteiger partial charge in [-0.1, -0.05) is 19.8 Å². The van der Waals surface area contributed by atoms with Crippen molar-refractivity contribution >= 4 is 32.1 Å². The van der Waals surface area contributed by atoms with Gasteiger partial charge in [0, 0.05) is 23.0 Å². The van der Waals surface area contributed by atoms with Crippen LogP contribution in [-0.2, 0) is 9.73 Å². The maximum Gasteiger partial charge on any atom is 0.261 e. The predicted molar refractivity (Wildman–Crippen MR) is 112 cm³/mol. The second-order valence-corrected chi connectivity index (χ2v) is 9.84. The molecule has 2 unspecified atom stereocenters. The van der Waals surface area contributed by atoms with Crippen molar-refractivity contribution in [3.05, 3.63) is 46.9 Å². The predicted octanol–water partition coefficient (Wildman–Crippen LogP) is 4.25. The third-order valence-corrected chi connectivity index (χ3v) is 6.75. The van der Waals surface area contributed by atoms with Crippen molar-refractivity contribution in [2.24, 2.45) is 5.92 Å². The Morgan fingerprint density at radius 3 is 2.61 bits per heavy atom. The van der Waals surface area contributed by atoms with E-state index < -0.39 is 9.73 Å². The van der Waals surface area contributed by atoms with Crippen molar-refractivity contribution in [3.8, 4) is 0 Å². The summed E-state index contributed by atoms with van der Waals surface area (Å²) < 4.78 is 21.6. The highest BCUT2D eigenvalue weighted by Gasteiger charge is 2.27. The van der Waals surface area contributed by atoms with Crippen LogP contribution in [0.25, 0.3) is 10.9 Å². The molecule has 7 nitrogen and oxygen atoms in total. The molecule has 2 aromatic heterocycles. The van der Waals surface area contributed by atoms with Crippen LogP contribution < -0.4 is 10.9 Å². The summed E-state index contributed by atoms with van der Waals surface area (Å²) in [6, 6.07) is 9.06. The van der Waals surface area contributed by atoms with Crippen LogP contribution in [-0.4, -0.2) is 25.2 Å². The molecule has 4 rings (SSSR count). The van der Waals surface area contributed by atoms with Crippen LogP contribution in [0.1, 0.15) is 38.6 Å². The molecule has 1 aliphatic carbocycles. The van der Waals surface area contributed by atoms with Gasteiger partial charge in [0.1, 0.15) is 5.39 Å². The van der Waals surface area contributed by atoms with Crippen LogP contribution in [0.3, 0.4) is 0 Å². The summed E-state index contributed by atoms with van der Waals surface area (Å²) in [7, 11) is -2.75. The van der Waals surface area contributed by atoms with Crippen molar-refractivity contribution in [3.63, 3.8) is 0 Å². The lowest BCUT2D eigenvalue weighted by Crippen LogP contribution is -2.22. The van der Waals surface area contributed by atoms with E-state index in [-0.39, 0.29) is 11.6 Å².